The van der Waals surface area contributed by atoms with E-state index in [0.717, 1.165) is 42.4 Å². The molecule has 0 aliphatic carbocycles. The first-order valence-corrected chi connectivity index (χ1v) is 6.06. The molecule has 2 aromatic rings. The van der Waals surface area contributed by atoms with Crippen LogP contribution in [-0.4, -0.2) is 41.6 Å². The maximum atomic E-state index is 4.43. The van der Waals surface area contributed by atoms with Gasteiger partial charge < -0.3 is 15.2 Å². The zero-order chi connectivity index (χ0) is 11.7. The number of rotatable bonds is 3. The van der Waals surface area contributed by atoms with Crippen molar-refractivity contribution in [2.24, 2.45) is 5.92 Å². The lowest BCUT2D eigenvalue weighted by atomic mass is 10.1. The second kappa shape index (κ2) is 4.33. The van der Waals surface area contributed by atoms with Crippen molar-refractivity contribution in [3.05, 3.63) is 18.6 Å². The van der Waals surface area contributed by atoms with E-state index in [1.165, 1.54) is 6.42 Å². The summed E-state index contributed by atoms with van der Waals surface area (Å²) in [5.74, 6) is 1.79. The van der Waals surface area contributed by atoms with Crippen molar-refractivity contribution in [1.29, 1.82) is 0 Å². The second-order valence-electron chi connectivity index (χ2n) is 4.60. The fraction of sp³-hybridized carbons (Fsp3) is 0.500. The largest absolute Gasteiger partial charge is 0.356 e. The van der Waals surface area contributed by atoms with Gasteiger partial charge in [-0.25, -0.2) is 9.97 Å². The summed E-state index contributed by atoms with van der Waals surface area (Å²) in [6.45, 7) is 3.25. The minimum Gasteiger partial charge on any atom is -0.356 e. The first-order chi connectivity index (χ1) is 8.38. The molecule has 1 unspecified atom stereocenters. The number of nitrogens with zero attached hydrogens (tertiary/aromatic N) is 3. The Hall–Kier alpha value is -1.62. The van der Waals surface area contributed by atoms with Gasteiger partial charge in [0.15, 0.2) is 0 Å². The molecule has 1 saturated heterocycles. The van der Waals surface area contributed by atoms with Gasteiger partial charge in [-0.2, -0.15) is 0 Å². The molecule has 2 N–H and O–H groups in total. The maximum Gasteiger partial charge on any atom is 0.142 e. The van der Waals surface area contributed by atoms with Crippen molar-refractivity contribution >= 4 is 16.9 Å². The van der Waals surface area contributed by atoms with Crippen molar-refractivity contribution in [3.63, 3.8) is 0 Å². The van der Waals surface area contributed by atoms with Crippen LogP contribution in [0, 0.1) is 5.92 Å². The van der Waals surface area contributed by atoms with Gasteiger partial charge in [0.25, 0.3) is 0 Å². The fourth-order valence-electron chi connectivity index (χ4n) is 2.59. The van der Waals surface area contributed by atoms with Crippen LogP contribution < -0.4 is 10.2 Å². The smallest absolute Gasteiger partial charge is 0.142 e. The van der Waals surface area contributed by atoms with Crippen LogP contribution in [-0.2, 0) is 0 Å². The van der Waals surface area contributed by atoms with Crippen molar-refractivity contribution in [1.82, 2.24) is 20.3 Å². The molecule has 5 nitrogen and oxygen atoms in total. The molecular formula is C12H17N5. The quantitative estimate of drug-likeness (QED) is 0.827. The topological polar surface area (TPSA) is 56.8 Å². The first kappa shape index (κ1) is 10.5. The van der Waals surface area contributed by atoms with Gasteiger partial charge >= 0.3 is 0 Å². The van der Waals surface area contributed by atoms with E-state index in [4.69, 9.17) is 0 Å². The van der Waals surface area contributed by atoms with Gasteiger partial charge in [0.05, 0.1) is 5.39 Å². The molecule has 0 bridgehead atoms. The van der Waals surface area contributed by atoms with Crippen molar-refractivity contribution in [3.8, 4) is 0 Å². The number of aromatic nitrogens is 3. The summed E-state index contributed by atoms with van der Waals surface area (Å²) in [7, 11) is 2.01. The van der Waals surface area contributed by atoms with E-state index in [1.54, 1.807) is 6.33 Å². The summed E-state index contributed by atoms with van der Waals surface area (Å²) in [6, 6.07) is 2.05. The molecule has 0 amide bonds. The minimum absolute atomic E-state index is 0.726. The monoisotopic (exact) mass is 231 g/mol. The zero-order valence-corrected chi connectivity index (χ0v) is 9.98. The summed E-state index contributed by atoms with van der Waals surface area (Å²) < 4.78 is 0. The summed E-state index contributed by atoms with van der Waals surface area (Å²) >= 11 is 0. The number of aromatic amines is 1. The normalized spacial score (nSPS) is 20.3. The molecular weight excluding hydrogens is 214 g/mol. The third-order valence-corrected chi connectivity index (χ3v) is 3.41. The first-order valence-electron chi connectivity index (χ1n) is 6.06. The van der Waals surface area contributed by atoms with Gasteiger partial charge in [-0.3, -0.25) is 0 Å². The maximum absolute atomic E-state index is 4.43. The molecule has 2 aromatic heterocycles. The Labute approximate surface area is 100 Å². The molecule has 1 aliphatic rings. The van der Waals surface area contributed by atoms with Gasteiger partial charge in [-0.15, -0.1) is 0 Å². The molecule has 3 heterocycles. The lowest BCUT2D eigenvalue weighted by Gasteiger charge is -2.17. The minimum atomic E-state index is 0.726. The van der Waals surface area contributed by atoms with Crippen LogP contribution in [0.1, 0.15) is 6.42 Å². The molecule has 1 fully saturated rings. The van der Waals surface area contributed by atoms with Crippen LogP contribution in [0.3, 0.4) is 0 Å². The van der Waals surface area contributed by atoms with Crippen molar-refractivity contribution in [2.75, 3.05) is 31.6 Å². The summed E-state index contributed by atoms with van der Waals surface area (Å²) in [5.41, 5.74) is 0.923. The lowest BCUT2D eigenvalue weighted by Crippen LogP contribution is -2.25. The average molecular weight is 231 g/mol. The summed E-state index contributed by atoms with van der Waals surface area (Å²) in [5, 5.41) is 4.37. The highest BCUT2D eigenvalue weighted by Crippen LogP contribution is 2.27. The molecule has 0 spiro atoms. The van der Waals surface area contributed by atoms with Crippen LogP contribution >= 0.6 is 0 Å². The van der Waals surface area contributed by atoms with E-state index < -0.39 is 0 Å². The van der Waals surface area contributed by atoms with E-state index in [9.17, 15) is 0 Å². The molecule has 0 aromatic carbocycles. The average Bonchev–Trinajstić information content (AvgIpc) is 2.96. The number of anilines is 1. The molecule has 0 saturated carbocycles. The lowest BCUT2D eigenvalue weighted by molar-refractivity contribution is 0.549. The third kappa shape index (κ3) is 1.86. The Morgan fingerprint density at radius 2 is 2.47 bits per heavy atom. The number of H-pyrrole nitrogens is 1. The van der Waals surface area contributed by atoms with Gasteiger partial charge in [0.2, 0.25) is 0 Å². The highest BCUT2D eigenvalue weighted by molar-refractivity contribution is 5.87. The molecule has 90 valence electrons. The van der Waals surface area contributed by atoms with Crippen LogP contribution in [0.4, 0.5) is 5.82 Å². The van der Waals surface area contributed by atoms with E-state index >= 15 is 0 Å². The number of hydrogen-bond acceptors (Lipinski definition) is 4. The van der Waals surface area contributed by atoms with E-state index in [1.807, 2.05) is 13.2 Å². The third-order valence-electron chi connectivity index (χ3n) is 3.41. The Morgan fingerprint density at radius 1 is 1.53 bits per heavy atom. The molecule has 17 heavy (non-hydrogen) atoms. The van der Waals surface area contributed by atoms with Crippen LogP contribution in [0.15, 0.2) is 18.6 Å². The van der Waals surface area contributed by atoms with Crippen molar-refractivity contribution < 1.29 is 0 Å². The molecule has 3 rings (SSSR count). The molecule has 1 atom stereocenters. The predicted octanol–water partition coefficient (Wildman–Crippen LogP) is 1.00. The predicted molar refractivity (Wildman–Crippen MR) is 68.1 cm³/mol. The van der Waals surface area contributed by atoms with E-state index in [0.29, 0.717) is 0 Å². The highest BCUT2D eigenvalue weighted by atomic mass is 15.2. The Kier molecular flexibility index (Phi) is 2.68. The standard InChI is InChI=1S/C12H17N5/c1-13-6-9-3-5-17(7-9)12-10-2-4-14-11(10)15-8-16-12/h2,4,8-9,13H,3,5-7H2,1H3,(H,14,15,16). The number of hydrogen-bond donors (Lipinski definition) is 2. The molecule has 1 aliphatic heterocycles. The van der Waals surface area contributed by atoms with Gasteiger partial charge in [-0.1, -0.05) is 0 Å². The Balaban J connectivity index is 1.87. The van der Waals surface area contributed by atoms with Crippen LogP contribution in [0.25, 0.3) is 11.0 Å². The second-order valence-corrected chi connectivity index (χ2v) is 4.60. The number of fused-ring (bicyclic) bond motifs is 1. The highest BCUT2D eigenvalue weighted by Gasteiger charge is 2.24. The Bertz CT molecular complexity index is 506. The SMILES string of the molecule is CNCC1CCN(c2ncnc3[nH]ccc23)C1. The van der Waals surface area contributed by atoms with E-state index in [2.05, 4.69) is 31.2 Å². The van der Waals surface area contributed by atoms with Gasteiger partial charge in [0, 0.05) is 19.3 Å². The van der Waals surface area contributed by atoms with E-state index in [-0.39, 0.29) is 0 Å². The fourth-order valence-corrected chi connectivity index (χ4v) is 2.59. The molecule has 0 radical (unpaired) electrons. The van der Waals surface area contributed by atoms with Gasteiger partial charge in [0.1, 0.15) is 17.8 Å². The summed E-state index contributed by atoms with van der Waals surface area (Å²) in [6.07, 6.45) is 4.79. The number of nitrogens with one attached hydrogen (secondary N) is 2. The van der Waals surface area contributed by atoms with Crippen LogP contribution in [0.2, 0.25) is 0 Å². The Morgan fingerprint density at radius 3 is 3.35 bits per heavy atom. The summed E-state index contributed by atoms with van der Waals surface area (Å²) in [4.78, 5) is 14.1. The zero-order valence-electron chi connectivity index (χ0n) is 9.98. The molecule has 5 heteroatoms. The van der Waals surface area contributed by atoms with Crippen LogP contribution in [0.5, 0.6) is 0 Å². The van der Waals surface area contributed by atoms with Crippen molar-refractivity contribution in [2.45, 2.75) is 6.42 Å². The van der Waals surface area contributed by atoms with Gasteiger partial charge in [-0.05, 0) is 32.0 Å².